The average Bonchev–Trinajstić information content (AvgIpc) is 3.38. The Kier molecular flexibility index (Phi) is 4.48. The van der Waals surface area contributed by atoms with Crippen molar-refractivity contribution in [1.29, 1.82) is 0 Å². The van der Waals surface area contributed by atoms with Crippen LogP contribution < -0.4 is 21.3 Å². The molecule has 4 heterocycles. The Morgan fingerprint density at radius 3 is 2.76 bits per heavy atom. The van der Waals surface area contributed by atoms with Crippen molar-refractivity contribution in [2.75, 3.05) is 35.7 Å². The van der Waals surface area contributed by atoms with E-state index in [1.54, 1.807) is 12.3 Å². The SMILES string of the molecule is CN(c1ccnc(N)c1)c1n[nH]c2nc(N3CCC4(CC3)Cc3ccccc3C4N)cnc12. The molecule has 0 bridgehead atoms. The van der Waals surface area contributed by atoms with Gasteiger partial charge in [-0.05, 0) is 41.9 Å². The second kappa shape index (κ2) is 7.41. The van der Waals surface area contributed by atoms with E-state index in [2.05, 4.69) is 44.3 Å². The molecule has 5 N–H and O–H groups in total. The zero-order chi connectivity index (χ0) is 22.6. The van der Waals surface area contributed by atoms with Gasteiger partial charge in [0.05, 0.1) is 6.20 Å². The molecule has 9 nitrogen and oxygen atoms in total. The van der Waals surface area contributed by atoms with Gasteiger partial charge in [0.2, 0.25) is 0 Å². The maximum atomic E-state index is 6.73. The predicted octanol–water partition coefficient (Wildman–Crippen LogP) is 2.94. The topological polar surface area (TPSA) is 126 Å². The number of pyridine rings is 1. The molecule has 0 radical (unpaired) electrons. The van der Waals surface area contributed by atoms with Gasteiger partial charge < -0.3 is 21.3 Å². The van der Waals surface area contributed by atoms with Gasteiger partial charge in [0.25, 0.3) is 0 Å². The first kappa shape index (κ1) is 19.9. The Balaban J connectivity index is 1.21. The van der Waals surface area contributed by atoms with Gasteiger partial charge in [0.1, 0.15) is 11.6 Å². The lowest BCUT2D eigenvalue weighted by molar-refractivity contribution is 0.187. The molecule has 168 valence electrons. The molecule has 9 heteroatoms. The molecule has 1 aromatic carbocycles. The summed E-state index contributed by atoms with van der Waals surface area (Å²) in [5, 5.41) is 7.50. The van der Waals surface area contributed by atoms with Crippen LogP contribution in [0.15, 0.2) is 48.8 Å². The quantitative estimate of drug-likeness (QED) is 0.443. The molecule has 0 saturated carbocycles. The number of H-pyrrole nitrogens is 1. The van der Waals surface area contributed by atoms with Gasteiger partial charge in [-0.15, -0.1) is 0 Å². The van der Waals surface area contributed by atoms with E-state index in [4.69, 9.17) is 21.4 Å². The number of aromatic amines is 1. The van der Waals surface area contributed by atoms with Gasteiger partial charge in [-0.2, -0.15) is 5.10 Å². The number of rotatable bonds is 3. The van der Waals surface area contributed by atoms with Crippen LogP contribution in [-0.4, -0.2) is 45.3 Å². The van der Waals surface area contributed by atoms with Crippen LogP contribution in [0.1, 0.15) is 30.0 Å². The molecule has 1 aliphatic heterocycles. The lowest BCUT2D eigenvalue weighted by atomic mass is 9.73. The number of benzene rings is 1. The summed E-state index contributed by atoms with van der Waals surface area (Å²) in [6.07, 6.45) is 6.68. The van der Waals surface area contributed by atoms with Gasteiger partial charge in [0, 0.05) is 44.1 Å². The van der Waals surface area contributed by atoms with Gasteiger partial charge in [-0.3, -0.25) is 5.10 Å². The minimum Gasteiger partial charge on any atom is -0.384 e. The highest BCUT2D eigenvalue weighted by molar-refractivity contribution is 5.87. The van der Waals surface area contributed by atoms with Crippen LogP contribution in [0.5, 0.6) is 0 Å². The molecule has 1 atom stereocenters. The second-order valence-corrected chi connectivity index (χ2v) is 9.17. The van der Waals surface area contributed by atoms with Crippen LogP contribution in [0.25, 0.3) is 11.2 Å². The zero-order valence-electron chi connectivity index (χ0n) is 18.6. The molecule has 1 saturated heterocycles. The van der Waals surface area contributed by atoms with Crippen LogP contribution in [0.3, 0.4) is 0 Å². The first-order valence-electron chi connectivity index (χ1n) is 11.3. The van der Waals surface area contributed by atoms with Crippen molar-refractivity contribution in [1.82, 2.24) is 25.1 Å². The first-order valence-corrected chi connectivity index (χ1v) is 11.3. The Hall–Kier alpha value is -3.72. The van der Waals surface area contributed by atoms with Gasteiger partial charge in [0.15, 0.2) is 17.0 Å². The summed E-state index contributed by atoms with van der Waals surface area (Å²) in [5.41, 5.74) is 17.7. The maximum Gasteiger partial charge on any atom is 0.182 e. The highest BCUT2D eigenvalue weighted by Crippen LogP contribution is 2.50. The van der Waals surface area contributed by atoms with E-state index >= 15 is 0 Å². The molecule has 1 spiro atoms. The third-order valence-electron chi connectivity index (χ3n) is 7.38. The van der Waals surface area contributed by atoms with E-state index in [0.717, 1.165) is 49.4 Å². The third-order valence-corrected chi connectivity index (χ3v) is 7.38. The minimum atomic E-state index is 0.109. The number of anilines is 4. The second-order valence-electron chi connectivity index (χ2n) is 9.17. The largest absolute Gasteiger partial charge is 0.384 e. The summed E-state index contributed by atoms with van der Waals surface area (Å²) >= 11 is 0. The highest BCUT2D eigenvalue weighted by Gasteiger charge is 2.45. The molecule has 33 heavy (non-hydrogen) atoms. The number of hydrogen-bond donors (Lipinski definition) is 3. The van der Waals surface area contributed by atoms with E-state index in [1.807, 2.05) is 24.2 Å². The molecule has 1 unspecified atom stereocenters. The van der Waals surface area contributed by atoms with Crippen LogP contribution in [0, 0.1) is 5.41 Å². The molecule has 4 aromatic rings. The van der Waals surface area contributed by atoms with Crippen LogP contribution in [0.2, 0.25) is 0 Å². The molecule has 3 aromatic heterocycles. The molecule has 2 aliphatic rings. The number of nitrogens with zero attached hydrogens (tertiary/aromatic N) is 6. The van der Waals surface area contributed by atoms with Crippen molar-refractivity contribution < 1.29 is 0 Å². The number of piperidine rings is 1. The number of hydrogen-bond acceptors (Lipinski definition) is 8. The fraction of sp³-hybridized carbons (Fsp3) is 0.333. The molecular weight excluding hydrogens is 414 g/mol. The lowest BCUT2D eigenvalue weighted by Crippen LogP contribution is -2.44. The highest BCUT2D eigenvalue weighted by atomic mass is 15.3. The van der Waals surface area contributed by atoms with Crippen LogP contribution in [-0.2, 0) is 6.42 Å². The zero-order valence-corrected chi connectivity index (χ0v) is 18.6. The molecule has 0 amide bonds. The standard InChI is InChI=1S/C24H27N9/c1-32(16-6-9-27-18(25)12-16)23-20-22(30-31-23)29-19(14-28-20)33-10-7-24(8-11-33)13-15-4-2-3-5-17(15)21(24)26/h2-6,9,12,14,21H,7-8,10-11,13,26H2,1H3,(H2,25,27)(H,29,30,31). The number of nitrogens with one attached hydrogen (secondary N) is 1. The van der Waals surface area contributed by atoms with Crippen molar-refractivity contribution in [2.45, 2.75) is 25.3 Å². The first-order chi connectivity index (χ1) is 16.0. The lowest BCUT2D eigenvalue weighted by Gasteiger charge is -2.42. The minimum absolute atomic E-state index is 0.109. The number of nitrogen functional groups attached to an aromatic ring is 1. The van der Waals surface area contributed by atoms with E-state index in [-0.39, 0.29) is 11.5 Å². The van der Waals surface area contributed by atoms with E-state index < -0.39 is 0 Å². The molecule has 6 rings (SSSR count). The van der Waals surface area contributed by atoms with E-state index in [9.17, 15) is 0 Å². The molecule has 1 aliphatic carbocycles. The fourth-order valence-electron chi connectivity index (χ4n) is 5.42. The Bertz CT molecular complexity index is 1320. The van der Waals surface area contributed by atoms with Crippen molar-refractivity contribution in [3.63, 3.8) is 0 Å². The van der Waals surface area contributed by atoms with Crippen molar-refractivity contribution in [3.05, 3.63) is 59.9 Å². The third kappa shape index (κ3) is 3.19. The summed E-state index contributed by atoms with van der Waals surface area (Å²) in [6.45, 7) is 1.83. The van der Waals surface area contributed by atoms with Crippen LogP contribution >= 0.6 is 0 Å². The summed E-state index contributed by atoms with van der Waals surface area (Å²) in [6, 6.07) is 12.4. The van der Waals surface area contributed by atoms with E-state index in [0.29, 0.717) is 17.3 Å². The van der Waals surface area contributed by atoms with Gasteiger partial charge in [-0.25, -0.2) is 15.0 Å². The maximum absolute atomic E-state index is 6.73. The summed E-state index contributed by atoms with van der Waals surface area (Å²) < 4.78 is 0. The molecular formula is C24H27N9. The number of fused-ring (bicyclic) bond motifs is 2. The predicted molar refractivity (Wildman–Crippen MR) is 129 cm³/mol. The smallest absolute Gasteiger partial charge is 0.182 e. The summed E-state index contributed by atoms with van der Waals surface area (Å²) in [5.74, 6) is 2.02. The fourth-order valence-corrected chi connectivity index (χ4v) is 5.42. The normalized spacial score (nSPS) is 19.2. The average molecular weight is 442 g/mol. The summed E-state index contributed by atoms with van der Waals surface area (Å²) in [7, 11) is 1.92. The van der Waals surface area contributed by atoms with Gasteiger partial charge >= 0.3 is 0 Å². The Labute approximate surface area is 191 Å². The van der Waals surface area contributed by atoms with Crippen molar-refractivity contribution in [3.8, 4) is 0 Å². The monoisotopic (exact) mass is 441 g/mol. The van der Waals surface area contributed by atoms with E-state index in [1.165, 1.54) is 11.1 Å². The Morgan fingerprint density at radius 1 is 1.15 bits per heavy atom. The van der Waals surface area contributed by atoms with Gasteiger partial charge in [-0.1, -0.05) is 24.3 Å². The molecule has 1 fully saturated rings. The number of aromatic nitrogens is 5. The number of nitrogens with two attached hydrogens (primary N) is 2. The Morgan fingerprint density at radius 2 is 1.97 bits per heavy atom. The van der Waals surface area contributed by atoms with Crippen molar-refractivity contribution >= 4 is 34.3 Å². The van der Waals surface area contributed by atoms with Crippen LogP contribution in [0.4, 0.5) is 23.1 Å². The summed E-state index contributed by atoms with van der Waals surface area (Å²) in [4.78, 5) is 17.8. The van der Waals surface area contributed by atoms with Crippen molar-refractivity contribution in [2.24, 2.45) is 11.1 Å².